The van der Waals surface area contributed by atoms with E-state index in [1.54, 1.807) is 0 Å². The van der Waals surface area contributed by atoms with E-state index in [-0.39, 0.29) is 5.65 Å². The number of aromatic nitrogens is 4. The van der Waals surface area contributed by atoms with Crippen LogP contribution in [0.3, 0.4) is 0 Å². The van der Waals surface area contributed by atoms with Crippen molar-refractivity contribution in [2.75, 3.05) is 0 Å². The second kappa shape index (κ2) is 3.64. The number of fused-ring (bicyclic) bond motifs is 3. The number of nitrogens with one attached hydrogen (secondary N) is 1. The lowest BCUT2D eigenvalue weighted by Gasteiger charge is -2.04. The van der Waals surface area contributed by atoms with Crippen molar-refractivity contribution in [3.05, 3.63) is 39.6 Å². The highest BCUT2D eigenvalue weighted by molar-refractivity contribution is 5.93. The Balaban J connectivity index is 2.54. The van der Waals surface area contributed by atoms with Crippen LogP contribution >= 0.6 is 0 Å². The van der Waals surface area contributed by atoms with Crippen LogP contribution in [-0.4, -0.2) is 30.7 Å². The fourth-order valence-corrected chi connectivity index (χ4v) is 1.99. The number of aryl methyl sites for hydroxylation is 2. The Morgan fingerprint density at radius 2 is 2.00 bits per heavy atom. The van der Waals surface area contributed by atoms with Crippen LogP contribution in [0.4, 0.5) is 0 Å². The summed E-state index contributed by atoms with van der Waals surface area (Å²) in [6.07, 6.45) is 0. The van der Waals surface area contributed by atoms with Gasteiger partial charge in [-0.2, -0.15) is 4.52 Å². The van der Waals surface area contributed by atoms with E-state index in [1.807, 2.05) is 26.0 Å². The number of aromatic carboxylic acids is 1. The molecule has 0 atom stereocenters. The Hall–Kier alpha value is -2.70. The third kappa shape index (κ3) is 1.59. The first-order valence-electron chi connectivity index (χ1n) is 5.60. The monoisotopic (exact) mass is 258 g/mol. The number of carboxylic acids is 1. The fourth-order valence-electron chi connectivity index (χ4n) is 1.99. The van der Waals surface area contributed by atoms with Crippen LogP contribution in [0.15, 0.2) is 16.9 Å². The Bertz CT molecular complexity index is 891. The van der Waals surface area contributed by atoms with E-state index < -0.39 is 17.5 Å². The third-order valence-corrected chi connectivity index (χ3v) is 3.11. The summed E-state index contributed by atoms with van der Waals surface area (Å²) >= 11 is 0. The maximum absolute atomic E-state index is 11.8. The highest BCUT2D eigenvalue weighted by atomic mass is 16.4. The van der Waals surface area contributed by atoms with Gasteiger partial charge >= 0.3 is 11.7 Å². The molecule has 7 heteroatoms. The fraction of sp³-hybridized carbons (Fsp3) is 0.167. The van der Waals surface area contributed by atoms with Gasteiger partial charge in [0.05, 0.1) is 5.52 Å². The summed E-state index contributed by atoms with van der Waals surface area (Å²) in [4.78, 5) is 29.3. The molecule has 0 radical (unpaired) electrons. The Morgan fingerprint density at radius 3 is 2.68 bits per heavy atom. The number of H-pyrrole nitrogens is 1. The van der Waals surface area contributed by atoms with E-state index in [1.165, 1.54) is 0 Å². The summed E-state index contributed by atoms with van der Waals surface area (Å²) < 4.78 is 0.973. The van der Waals surface area contributed by atoms with Crippen molar-refractivity contribution >= 4 is 22.5 Å². The van der Waals surface area contributed by atoms with E-state index in [0.29, 0.717) is 10.9 Å². The maximum atomic E-state index is 11.8. The van der Waals surface area contributed by atoms with Crippen LogP contribution in [0, 0.1) is 13.8 Å². The second-order valence-electron chi connectivity index (χ2n) is 4.39. The number of nitrogens with zero attached hydrogens (tertiary/aromatic N) is 3. The molecule has 96 valence electrons. The molecule has 0 aliphatic heterocycles. The minimum Gasteiger partial charge on any atom is -0.475 e. The quantitative estimate of drug-likeness (QED) is 0.675. The van der Waals surface area contributed by atoms with E-state index in [0.717, 1.165) is 15.6 Å². The van der Waals surface area contributed by atoms with Crippen LogP contribution in [0.2, 0.25) is 0 Å². The smallest absolute Gasteiger partial charge is 0.375 e. The molecule has 0 aliphatic carbocycles. The minimum atomic E-state index is -1.26. The molecule has 2 aromatic heterocycles. The Labute approximate surface area is 106 Å². The van der Waals surface area contributed by atoms with E-state index in [4.69, 9.17) is 5.11 Å². The van der Waals surface area contributed by atoms with E-state index in [2.05, 4.69) is 15.1 Å². The maximum Gasteiger partial charge on any atom is 0.375 e. The van der Waals surface area contributed by atoms with Gasteiger partial charge in [0.25, 0.3) is 5.82 Å². The summed E-state index contributed by atoms with van der Waals surface area (Å²) in [6, 6.07) is 3.69. The molecule has 0 saturated heterocycles. The molecule has 0 aliphatic rings. The molecule has 0 bridgehead atoms. The van der Waals surface area contributed by atoms with Gasteiger partial charge in [0.1, 0.15) is 0 Å². The van der Waals surface area contributed by atoms with Gasteiger partial charge in [0.15, 0.2) is 5.65 Å². The van der Waals surface area contributed by atoms with Crippen LogP contribution < -0.4 is 5.69 Å². The molecule has 2 N–H and O–H groups in total. The first kappa shape index (κ1) is 11.4. The second-order valence-corrected chi connectivity index (χ2v) is 4.39. The largest absolute Gasteiger partial charge is 0.475 e. The molecular formula is C12H10N4O3. The average Bonchev–Trinajstić information content (AvgIpc) is 2.78. The summed E-state index contributed by atoms with van der Waals surface area (Å²) in [6.45, 7) is 3.87. The zero-order valence-electron chi connectivity index (χ0n) is 10.3. The third-order valence-electron chi connectivity index (χ3n) is 3.11. The molecule has 2 heterocycles. The highest BCUT2D eigenvalue weighted by Crippen LogP contribution is 2.19. The predicted octanol–water partition coefficient (Wildman–Crippen LogP) is 0.886. The number of rotatable bonds is 1. The first-order valence-corrected chi connectivity index (χ1v) is 5.60. The zero-order chi connectivity index (χ0) is 13.7. The van der Waals surface area contributed by atoms with Crippen LogP contribution in [-0.2, 0) is 0 Å². The van der Waals surface area contributed by atoms with Crippen LogP contribution in [0.1, 0.15) is 21.7 Å². The van der Waals surface area contributed by atoms with Gasteiger partial charge < -0.3 is 10.1 Å². The van der Waals surface area contributed by atoms with Crippen molar-refractivity contribution in [1.82, 2.24) is 19.6 Å². The standard InChI is InChI=1S/C12H10N4O3/c1-5-3-7-8(4-6(5)2)13-12(19)16-10(7)14-9(15-16)11(17)18/h3-4H,1-2H3,(H,13,19)(H,17,18). The average molecular weight is 258 g/mol. The van der Waals surface area contributed by atoms with Gasteiger partial charge in [-0.15, -0.1) is 5.10 Å². The molecule has 0 amide bonds. The minimum absolute atomic E-state index is 0.249. The summed E-state index contributed by atoms with van der Waals surface area (Å²) in [5.74, 6) is -1.66. The van der Waals surface area contributed by atoms with Gasteiger partial charge in [0, 0.05) is 5.39 Å². The summed E-state index contributed by atoms with van der Waals surface area (Å²) in [5.41, 5.74) is 2.42. The van der Waals surface area contributed by atoms with Crippen LogP contribution in [0.5, 0.6) is 0 Å². The number of aromatic amines is 1. The topological polar surface area (TPSA) is 100 Å². The van der Waals surface area contributed by atoms with Gasteiger partial charge in [-0.1, -0.05) is 0 Å². The first-order chi connectivity index (χ1) is 8.97. The summed E-state index contributed by atoms with van der Waals surface area (Å²) in [7, 11) is 0. The van der Waals surface area contributed by atoms with Gasteiger partial charge in [-0.05, 0) is 37.1 Å². The van der Waals surface area contributed by atoms with Gasteiger partial charge in [-0.3, -0.25) is 0 Å². The molecule has 7 nitrogen and oxygen atoms in total. The number of carboxylic acid groups (broad SMARTS) is 1. The van der Waals surface area contributed by atoms with E-state index >= 15 is 0 Å². The highest BCUT2D eigenvalue weighted by Gasteiger charge is 2.15. The summed E-state index contributed by atoms with van der Waals surface area (Å²) in [5, 5.41) is 13.2. The lowest BCUT2D eigenvalue weighted by Crippen LogP contribution is -2.18. The van der Waals surface area contributed by atoms with Crippen molar-refractivity contribution in [2.24, 2.45) is 0 Å². The lowest BCUT2D eigenvalue weighted by atomic mass is 10.1. The number of hydrogen-bond acceptors (Lipinski definition) is 4. The molecule has 0 unspecified atom stereocenters. The van der Waals surface area contributed by atoms with Crippen molar-refractivity contribution < 1.29 is 9.90 Å². The Kier molecular flexibility index (Phi) is 2.19. The molecule has 3 aromatic rings. The predicted molar refractivity (Wildman–Crippen MR) is 67.5 cm³/mol. The normalized spacial score (nSPS) is 11.3. The molecule has 19 heavy (non-hydrogen) atoms. The SMILES string of the molecule is Cc1cc2[nH]c(=O)n3nc(C(=O)O)nc3c2cc1C. The van der Waals surface area contributed by atoms with Crippen molar-refractivity contribution in [2.45, 2.75) is 13.8 Å². The molecule has 0 fully saturated rings. The van der Waals surface area contributed by atoms with Crippen molar-refractivity contribution in [3.63, 3.8) is 0 Å². The Morgan fingerprint density at radius 1 is 1.32 bits per heavy atom. The molecule has 0 saturated carbocycles. The lowest BCUT2D eigenvalue weighted by molar-refractivity contribution is 0.0684. The van der Waals surface area contributed by atoms with Crippen molar-refractivity contribution in [1.29, 1.82) is 0 Å². The van der Waals surface area contributed by atoms with E-state index in [9.17, 15) is 9.59 Å². The van der Waals surface area contributed by atoms with Gasteiger partial charge in [-0.25, -0.2) is 14.6 Å². The molecule has 1 aromatic carbocycles. The van der Waals surface area contributed by atoms with Crippen LogP contribution in [0.25, 0.3) is 16.6 Å². The number of benzene rings is 1. The molecular weight excluding hydrogens is 248 g/mol. The van der Waals surface area contributed by atoms with Crippen molar-refractivity contribution in [3.8, 4) is 0 Å². The number of carbonyl (C=O) groups is 1. The molecule has 3 rings (SSSR count). The van der Waals surface area contributed by atoms with Gasteiger partial charge in [0.2, 0.25) is 0 Å². The molecule has 0 spiro atoms. The number of hydrogen-bond donors (Lipinski definition) is 2. The zero-order valence-corrected chi connectivity index (χ0v) is 10.3.